The summed E-state index contributed by atoms with van der Waals surface area (Å²) >= 11 is 0. The molecule has 0 aromatic carbocycles. The second kappa shape index (κ2) is 5.78. The number of nitrogens with two attached hydrogens (primary N) is 1. The Kier molecular flexibility index (Phi) is 3.98. The largest absolute Gasteiger partial charge is 0.479 e. The van der Waals surface area contributed by atoms with Crippen LogP contribution in [0.3, 0.4) is 0 Å². The maximum atomic E-state index is 14.2. The highest BCUT2D eigenvalue weighted by molar-refractivity contribution is 5.99. The fourth-order valence-corrected chi connectivity index (χ4v) is 2.71. The van der Waals surface area contributed by atoms with E-state index in [1.54, 1.807) is 6.92 Å². The number of aliphatic hydroxyl groups excluding tert-OH is 2. The average Bonchev–Trinajstić information content (AvgIpc) is 3.02. The number of ether oxygens (including phenoxy) is 2. The number of fused-ring (bicyclic) bond motifs is 1. The number of halogens is 1. The Morgan fingerprint density at radius 1 is 1.55 bits per heavy atom. The molecule has 22 heavy (non-hydrogen) atoms. The third-order valence-corrected chi connectivity index (χ3v) is 3.75. The van der Waals surface area contributed by atoms with Crippen molar-refractivity contribution in [3.63, 3.8) is 0 Å². The summed E-state index contributed by atoms with van der Waals surface area (Å²) in [6.45, 7) is 1.71. The topological polar surface area (TPSA) is 125 Å². The Morgan fingerprint density at radius 3 is 2.95 bits per heavy atom. The van der Waals surface area contributed by atoms with E-state index in [1.165, 1.54) is 11.2 Å². The molecule has 0 aromatic heterocycles. The van der Waals surface area contributed by atoms with Crippen molar-refractivity contribution >= 4 is 18.2 Å². The van der Waals surface area contributed by atoms with E-state index in [9.17, 15) is 9.50 Å². The fourth-order valence-electron chi connectivity index (χ4n) is 2.71. The van der Waals surface area contributed by atoms with Crippen LogP contribution in [0.25, 0.3) is 0 Å². The Morgan fingerprint density at radius 2 is 2.32 bits per heavy atom. The van der Waals surface area contributed by atoms with Crippen molar-refractivity contribution in [3.8, 4) is 0 Å². The van der Waals surface area contributed by atoms with E-state index in [4.69, 9.17) is 20.3 Å². The van der Waals surface area contributed by atoms with E-state index in [2.05, 4.69) is 15.0 Å². The molecule has 3 heterocycles. The predicted octanol–water partition coefficient (Wildman–Crippen LogP) is -1.80. The van der Waals surface area contributed by atoms with Gasteiger partial charge in [-0.1, -0.05) is 0 Å². The van der Waals surface area contributed by atoms with Crippen LogP contribution in [0, 0.1) is 0 Å². The van der Waals surface area contributed by atoms with Gasteiger partial charge in [0.15, 0.2) is 24.6 Å². The molecule has 1 fully saturated rings. The lowest BCUT2D eigenvalue weighted by atomic mass is 10.1. The summed E-state index contributed by atoms with van der Waals surface area (Å²) in [6.07, 6.45) is -4.47. The highest BCUT2D eigenvalue weighted by atomic mass is 19.1. The SMILES string of the molecule is CCOC1=NC(N)=NC2C1N=CN2C1OC(CO)C(O)C1F. The average molecular weight is 315 g/mol. The molecule has 0 radical (unpaired) electrons. The van der Waals surface area contributed by atoms with Gasteiger partial charge in [-0.15, -0.1) is 0 Å². The summed E-state index contributed by atoms with van der Waals surface area (Å²) in [7, 11) is 0. The zero-order chi connectivity index (χ0) is 15.9. The quantitative estimate of drug-likeness (QED) is 0.564. The first-order chi connectivity index (χ1) is 10.6. The molecule has 122 valence electrons. The second-order valence-electron chi connectivity index (χ2n) is 5.12. The summed E-state index contributed by atoms with van der Waals surface area (Å²) in [6, 6.07) is -0.534. The zero-order valence-electron chi connectivity index (χ0n) is 11.9. The summed E-state index contributed by atoms with van der Waals surface area (Å²) in [4.78, 5) is 13.8. The zero-order valence-corrected chi connectivity index (χ0v) is 11.9. The highest BCUT2D eigenvalue weighted by Crippen LogP contribution is 2.31. The monoisotopic (exact) mass is 315 g/mol. The van der Waals surface area contributed by atoms with Crippen LogP contribution in [-0.4, -0.2) is 83.3 Å². The molecule has 1 saturated heterocycles. The first-order valence-corrected chi connectivity index (χ1v) is 7.00. The van der Waals surface area contributed by atoms with E-state index < -0.39 is 43.4 Å². The molecule has 0 amide bonds. The van der Waals surface area contributed by atoms with Gasteiger partial charge in [0.1, 0.15) is 12.2 Å². The van der Waals surface area contributed by atoms with Crippen molar-refractivity contribution in [2.45, 2.75) is 43.7 Å². The van der Waals surface area contributed by atoms with Crippen molar-refractivity contribution in [2.24, 2.45) is 20.7 Å². The first-order valence-electron chi connectivity index (χ1n) is 7.00. The van der Waals surface area contributed by atoms with Crippen LogP contribution < -0.4 is 5.73 Å². The van der Waals surface area contributed by atoms with Gasteiger partial charge in [-0.2, -0.15) is 4.99 Å². The van der Waals surface area contributed by atoms with Crippen molar-refractivity contribution in [3.05, 3.63) is 0 Å². The maximum absolute atomic E-state index is 14.2. The van der Waals surface area contributed by atoms with E-state index in [-0.39, 0.29) is 5.96 Å². The minimum atomic E-state index is -1.70. The van der Waals surface area contributed by atoms with Crippen LogP contribution in [-0.2, 0) is 9.47 Å². The lowest BCUT2D eigenvalue weighted by Gasteiger charge is -2.32. The smallest absolute Gasteiger partial charge is 0.221 e. The minimum Gasteiger partial charge on any atom is -0.479 e. The lowest BCUT2D eigenvalue weighted by molar-refractivity contribution is -0.0695. The third-order valence-electron chi connectivity index (χ3n) is 3.75. The van der Waals surface area contributed by atoms with Gasteiger partial charge in [0.05, 0.1) is 19.6 Å². The number of guanidine groups is 1. The van der Waals surface area contributed by atoms with E-state index in [0.29, 0.717) is 12.5 Å². The molecule has 3 rings (SSSR count). The molecule has 10 heteroatoms. The maximum Gasteiger partial charge on any atom is 0.221 e. The lowest BCUT2D eigenvalue weighted by Crippen LogP contribution is -2.50. The summed E-state index contributed by atoms with van der Waals surface area (Å²) in [5, 5.41) is 18.8. The molecule has 0 spiro atoms. The van der Waals surface area contributed by atoms with Gasteiger partial charge < -0.3 is 30.3 Å². The van der Waals surface area contributed by atoms with Crippen molar-refractivity contribution in [1.82, 2.24) is 4.90 Å². The Labute approximate surface area is 126 Å². The van der Waals surface area contributed by atoms with Gasteiger partial charge in [0.2, 0.25) is 11.9 Å². The van der Waals surface area contributed by atoms with Crippen LogP contribution in [0.4, 0.5) is 4.39 Å². The van der Waals surface area contributed by atoms with E-state index >= 15 is 0 Å². The minimum absolute atomic E-state index is 0.00728. The summed E-state index contributed by atoms with van der Waals surface area (Å²) < 4.78 is 25.0. The van der Waals surface area contributed by atoms with Gasteiger partial charge in [-0.25, -0.2) is 9.38 Å². The Balaban J connectivity index is 1.81. The van der Waals surface area contributed by atoms with Gasteiger partial charge in [0.25, 0.3) is 0 Å². The van der Waals surface area contributed by atoms with Crippen LogP contribution in [0.2, 0.25) is 0 Å². The Hall–Kier alpha value is -1.78. The molecule has 9 nitrogen and oxygen atoms in total. The predicted molar refractivity (Wildman–Crippen MR) is 75.2 cm³/mol. The van der Waals surface area contributed by atoms with Crippen LogP contribution in [0.1, 0.15) is 6.92 Å². The molecule has 3 aliphatic rings. The first kappa shape index (κ1) is 15.1. The van der Waals surface area contributed by atoms with Gasteiger partial charge >= 0.3 is 0 Å². The molecule has 0 aliphatic carbocycles. The number of rotatable bonds is 3. The summed E-state index contributed by atoms with van der Waals surface area (Å²) in [5.74, 6) is 0.319. The molecular formula is C12H18FN5O4. The highest BCUT2D eigenvalue weighted by Gasteiger charge is 2.51. The normalized spacial score (nSPS) is 40.5. The molecule has 4 N–H and O–H groups in total. The van der Waals surface area contributed by atoms with Crippen molar-refractivity contribution in [2.75, 3.05) is 13.2 Å². The van der Waals surface area contributed by atoms with Crippen LogP contribution in [0.5, 0.6) is 0 Å². The number of alkyl halides is 1. The van der Waals surface area contributed by atoms with Gasteiger partial charge in [-0.05, 0) is 6.92 Å². The fraction of sp³-hybridized carbons (Fsp3) is 0.750. The standard InChI is InChI=1S/C12H18FN5O4/c1-2-21-10-7-9(16-12(14)17-10)18(4-15-7)11-6(13)8(20)5(3-19)22-11/h4-9,11,19-20H,2-3H2,1H3,(H2,14,16). The number of nitrogens with zero attached hydrogens (tertiary/aromatic N) is 4. The number of aliphatic hydroxyl groups is 2. The molecule has 0 saturated carbocycles. The molecular weight excluding hydrogens is 297 g/mol. The van der Waals surface area contributed by atoms with E-state index in [1.807, 2.05) is 0 Å². The van der Waals surface area contributed by atoms with Gasteiger partial charge in [0, 0.05) is 0 Å². The number of aliphatic imine (C=N–C) groups is 3. The van der Waals surface area contributed by atoms with Gasteiger partial charge in [-0.3, -0.25) is 4.99 Å². The number of hydrogen-bond donors (Lipinski definition) is 3. The van der Waals surface area contributed by atoms with Crippen LogP contribution in [0.15, 0.2) is 15.0 Å². The second-order valence-corrected chi connectivity index (χ2v) is 5.12. The van der Waals surface area contributed by atoms with E-state index in [0.717, 1.165) is 0 Å². The van der Waals surface area contributed by atoms with Crippen molar-refractivity contribution < 1.29 is 24.1 Å². The summed E-state index contributed by atoms with van der Waals surface area (Å²) in [5.41, 5.74) is 5.66. The third kappa shape index (κ3) is 2.32. The van der Waals surface area contributed by atoms with Crippen molar-refractivity contribution in [1.29, 1.82) is 0 Å². The molecule has 0 aromatic rings. The molecule has 3 aliphatic heterocycles. The molecule has 6 unspecified atom stereocenters. The van der Waals surface area contributed by atoms with Crippen LogP contribution >= 0.6 is 0 Å². The number of hydrogen-bond acceptors (Lipinski definition) is 9. The molecule has 6 atom stereocenters. The molecule has 0 bridgehead atoms. The Bertz CT molecular complexity index is 528.